The summed E-state index contributed by atoms with van der Waals surface area (Å²) in [7, 11) is -2.38. The maximum Gasteiger partial charge on any atom is 0.319 e. The summed E-state index contributed by atoms with van der Waals surface area (Å²) in [5, 5.41) is 2.59. The SMILES string of the molecule is CN(CCCC(=O)NCCc1nccn1C(F)F)S(=O)(=O)c1ccc(F)cc1. The lowest BCUT2D eigenvalue weighted by molar-refractivity contribution is -0.121. The van der Waals surface area contributed by atoms with Crippen molar-refractivity contribution in [2.75, 3.05) is 20.1 Å². The molecule has 1 N–H and O–H groups in total. The van der Waals surface area contributed by atoms with Crippen molar-refractivity contribution in [2.24, 2.45) is 0 Å². The van der Waals surface area contributed by atoms with Gasteiger partial charge in [0, 0.05) is 45.4 Å². The lowest BCUT2D eigenvalue weighted by Crippen LogP contribution is -2.30. The van der Waals surface area contributed by atoms with Crippen molar-refractivity contribution in [1.29, 1.82) is 0 Å². The van der Waals surface area contributed by atoms with E-state index in [1.807, 2.05) is 0 Å². The quantitative estimate of drug-likeness (QED) is 0.641. The van der Waals surface area contributed by atoms with Crippen molar-refractivity contribution in [1.82, 2.24) is 19.2 Å². The van der Waals surface area contributed by atoms with E-state index in [4.69, 9.17) is 0 Å². The number of nitrogens with one attached hydrogen (secondary N) is 1. The smallest absolute Gasteiger partial charge is 0.319 e. The topological polar surface area (TPSA) is 84.3 Å². The van der Waals surface area contributed by atoms with Crippen molar-refractivity contribution < 1.29 is 26.4 Å². The van der Waals surface area contributed by atoms with Gasteiger partial charge in [-0.2, -0.15) is 8.78 Å². The predicted octanol–water partition coefficient (Wildman–Crippen LogP) is 2.18. The van der Waals surface area contributed by atoms with Crippen LogP contribution in [0.5, 0.6) is 0 Å². The van der Waals surface area contributed by atoms with E-state index < -0.39 is 22.4 Å². The first-order chi connectivity index (χ1) is 13.2. The number of alkyl halides is 2. The fourth-order valence-corrected chi connectivity index (χ4v) is 3.70. The van der Waals surface area contributed by atoms with Crippen molar-refractivity contribution in [2.45, 2.75) is 30.7 Å². The van der Waals surface area contributed by atoms with E-state index in [-0.39, 0.29) is 49.0 Å². The van der Waals surface area contributed by atoms with Crippen LogP contribution in [0.3, 0.4) is 0 Å². The molecule has 0 aliphatic carbocycles. The average molecular weight is 418 g/mol. The zero-order valence-corrected chi connectivity index (χ0v) is 16.0. The third-order valence-corrected chi connectivity index (χ3v) is 5.90. The van der Waals surface area contributed by atoms with Gasteiger partial charge in [0.2, 0.25) is 15.9 Å². The summed E-state index contributed by atoms with van der Waals surface area (Å²) in [4.78, 5) is 15.6. The first kappa shape index (κ1) is 21.9. The number of nitrogens with zero attached hydrogens (tertiary/aromatic N) is 3. The van der Waals surface area contributed by atoms with Gasteiger partial charge in [0.1, 0.15) is 11.6 Å². The van der Waals surface area contributed by atoms with Crippen molar-refractivity contribution >= 4 is 15.9 Å². The molecule has 0 spiro atoms. The number of sulfonamides is 1. The Kier molecular flexibility index (Phi) is 7.58. The van der Waals surface area contributed by atoms with Crippen molar-refractivity contribution in [3.8, 4) is 0 Å². The van der Waals surface area contributed by atoms with Crippen molar-refractivity contribution in [3.63, 3.8) is 0 Å². The molecule has 0 fully saturated rings. The molecule has 2 rings (SSSR count). The highest BCUT2D eigenvalue weighted by Crippen LogP contribution is 2.15. The molecule has 1 aromatic heterocycles. The number of carbonyl (C=O) groups is 1. The molecule has 28 heavy (non-hydrogen) atoms. The van der Waals surface area contributed by atoms with Gasteiger partial charge in [-0.3, -0.25) is 9.36 Å². The first-order valence-corrected chi connectivity index (χ1v) is 9.94. The van der Waals surface area contributed by atoms with E-state index in [1.54, 1.807) is 0 Å². The van der Waals surface area contributed by atoms with Gasteiger partial charge in [0.05, 0.1) is 4.90 Å². The summed E-state index contributed by atoms with van der Waals surface area (Å²) in [5.41, 5.74) is 0. The molecule has 154 valence electrons. The number of hydrogen-bond donors (Lipinski definition) is 1. The summed E-state index contributed by atoms with van der Waals surface area (Å²) in [6.45, 7) is -2.44. The maximum atomic E-state index is 12.9. The Morgan fingerprint density at radius 2 is 1.96 bits per heavy atom. The van der Waals surface area contributed by atoms with E-state index in [0.29, 0.717) is 0 Å². The van der Waals surface area contributed by atoms with E-state index in [0.717, 1.165) is 21.0 Å². The van der Waals surface area contributed by atoms with E-state index >= 15 is 0 Å². The minimum Gasteiger partial charge on any atom is -0.356 e. The zero-order valence-electron chi connectivity index (χ0n) is 15.2. The summed E-state index contributed by atoms with van der Waals surface area (Å²) in [6.07, 6.45) is 2.93. The minimum atomic E-state index is -3.76. The number of hydrogen-bond acceptors (Lipinski definition) is 4. The van der Waals surface area contributed by atoms with Crippen LogP contribution in [0.2, 0.25) is 0 Å². The van der Waals surface area contributed by atoms with E-state index in [1.165, 1.54) is 31.6 Å². The third kappa shape index (κ3) is 5.80. The predicted molar refractivity (Wildman–Crippen MR) is 95.6 cm³/mol. The molecule has 0 bridgehead atoms. The Balaban J connectivity index is 1.74. The third-order valence-electron chi connectivity index (χ3n) is 4.03. The number of amides is 1. The fraction of sp³-hybridized carbons (Fsp3) is 0.412. The maximum absolute atomic E-state index is 12.9. The molecule has 0 aliphatic heterocycles. The molecule has 2 aromatic rings. The second-order valence-electron chi connectivity index (χ2n) is 6.01. The molecule has 0 atom stereocenters. The number of benzene rings is 1. The zero-order chi connectivity index (χ0) is 20.7. The minimum absolute atomic E-state index is 0.0321. The average Bonchev–Trinajstić information content (AvgIpc) is 3.11. The number of imidazole rings is 1. The number of carbonyl (C=O) groups excluding carboxylic acids is 1. The molecule has 11 heteroatoms. The normalized spacial score (nSPS) is 11.9. The Morgan fingerprint density at radius 1 is 1.29 bits per heavy atom. The van der Waals surface area contributed by atoms with Crippen LogP contribution in [0.1, 0.15) is 25.2 Å². The van der Waals surface area contributed by atoms with Crippen LogP contribution < -0.4 is 5.32 Å². The van der Waals surface area contributed by atoms with Crippen LogP contribution >= 0.6 is 0 Å². The van der Waals surface area contributed by atoms with Gasteiger partial charge in [0.15, 0.2) is 0 Å². The van der Waals surface area contributed by atoms with Crippen LogP contribution in [0.25, 0.3) is 0 Å². The Labute approximate surface area is 161 Å². The van der Waals surface area contributed by atoms with Crippen LogP contribution in [0, 0.1) is 5.82 Å². The van der Waals surface area contributed by atoms with Gasteiger partial charge in [-0.15, -0.1) is 0 Å². The van der Waals surface area contributed by atoms with Crippen LogP contribution in [-0.4, -0.2) is 48.3 Å². The van der Waals surface area contributed by atoms with Crippen LogP contribution in [0.15, 0.2) is 41.6 Å². The number of halogens is 3. The van der Waals surface area contributed by atoms with Crippen molar-refractivity contribution in [3.05, 3.63) is 48.3 Å². The Hall–Kier alpha value is -2.40. The van der Waals surface area contributed by atoms with E-state index in [2.05, 4.69) is 10.3 Å². The first-order valence-electron chi connectivity index (χ1n) is 8.50. The fourth-order valence-electron chi connectivity index (χ4n) is 2.49. The Morgan fingerprint density at radius 3 is 2.61 bits per heavy atom. The lowest BCUT2D eigenvalue weighted by atomic mass is 10.3. The number of aromatic nitrogens is 2. The molecule has 0 unspecified atom stereocenters. The molecule has 1 heterocycles. The highest BCUT2D eigenvalue weighted by atomic mass is 32.2. The van der Waals surface area contributed by atoms with Gasteiger partial charge in [-0.05, 0) is 30.7 Å². The van der Waals surface area contributed by atoms with Gasteiger partial charge < -0.3 is 5.32 Å². The van der Waals surface area contributed by atoms with Crippen LogP contribution in [0.4, 0.5) is 13.2 Å². The summed E-state index contributed by atoms with van der Waals surface area (Å²) < 4.78 is 64.8. The standard InChI is InChI=1S/C17H21F3N4O3S/c1-23(28(26,27)14-6-4-13(18)5-7-14)11-2-3-16(25)22-9-8-15-21-10-12-24(15)17(19)20/h4-7,10,12,17H,2-3,8-9,11H2,1H3,(H,22,25). The number of rotatable bonds is 10. The van der Waals surface area contributed by atoms with Gasteiger partial charge in [-0.1, -0.05) is 0 Å². The molecule has 0 saturated heterocycles. The summed E-state index contributed by atoms with van der Waals surface area (Å²) in [6, 6.07) is 4.48. The molecule has 0 saturated carbocycles. The molecular weight excluding hydrogens is 397 g/mol. The molecular formula is C17H21F3N4O3S. The highest BCUT2D eigenvalue weighted by Gasteiger charge is 2.20. The summed E-state index contributed by atoms with van der Waals surface area (Å²) in [5.74, 6) is -0.683. The van der Waals surface area contributed by atoms with Gasteiger partial charge in [-0.25, -0.2) is 22.1 Å². The molecule has 0 radical (unpaired) electrons. The lowest BCUT2D eigenvalue weighted by Gasteiger charge is -2.17. The highest BCUT2D eigenvalue weighted by molar-refractivity contribution is 7.89. The second kappa shape index (κ2) is 9.69. The second-order valence-corrected chi connectivity index (χ2v) is 8.06. The van der Waals surface area contributed by atoms with Gasteiger partial charge >= 0.3 is 6.55 Å². The molecule has 0 aliphatic rings. The molecule has 1 aromatic carbocycles. The molecule has 7 nitrogen and oxygen atoms in total. The van der Waals surface area contributed by atoms with Gasteiger partial charge in [0.25, 0.3) is 0 Å². The largest absolute Gasteiger partial charge is 0.356 e. The monoisotopic (exact) mass is 418 g/mol. The van der Waals surface area contributed by atoms with Crippen LogP contribution in [-0.2, 0) is 21.2 Å². The molecule has 1 amide bonds. The Bertz CT molecular complexity index is 885. The summed E-state index contributed by atoms with van der Waals surface area (Å²) >= 11 is 0. The van der Waals surface area contributed by atoms with E-state index in [9.17, 15) is 26.4 Å².